The fraction of sp³-hybridized carbons (Fsp3) is 0.200. The molecule has 0 aliphatic carbocycles. The molecule has 0 bridgehead atoms. The lowest BCUT2D eigenvalue weighted by Gasteiger charge is -2.44. The molecule has 1 saturated heterocycles. The van der Waals surface area contributed by atoms with Crippen LogP contribution in [0.15, 0.2) is 72.8 Å². The molecule has 3 aromatic carbocycles. The number of nitriles is 2. The largest absolute Gasteiger partial charge is 0.292 e. The van der Waals surface area contributed by atoms with Crippen molar-refractivity contribution in [3.63, 3.8) is 0 Å². The summed E-state index contributed by atoms with van der Waals surface area (Å²) in [6, 6.07) is 24.1. The molecule has 0 spiro atoms. The van der Waals surface area contributed by atoms with Crippen molar-refractivity contribution in [1.29, 1.82) is 10.5 Å². The van der Waals surface area contributed by atoms with Crippen molar-refractivity contribution in [2.45, 2.75) is 6.04 Å². The van der Waals surface area contributed by atoms with Crippen molar-refractivity contribution in [3.8, 4) is 12.1 Å². The van der Waals surface area contributed by atoms with E-state index in [0.717, 1.165) is 17.2 Å². The molecule has 1 N–H and O–H groups in total. The molecule has 1 fully saturated rings. The van der Waals surface area contributed by atoms with Crippen LogP contribution < -0.4 is 4.72 Å². The predicted octanol–water partition coefficient (Wildman–Crippen LogP) is 4.03. The first-order valence-electron chi connectivity index (χ1n) is 10.4. The van der Waals surface area contributed by atoms with Crippen LogP contribution in [0.3, 0.4) is 0 Å². The Kier molecular flexibility index (Phi) is 6.41. The van der Waals surface area contributed by atoms with Gasteiger partial charge in [0.05, 0.1) is 40.7 Å². The maximum Gasteiger partial charge on any atom is 0.233 e. The molecule has 166 valence electrons. The van der Waals surface area contributed by atoms with E-state index in [-0.39, 0.29) is 23.4 Å². The predicted molar refractivity (Wildman–Crippen MR) is 123 cm³/mol. The van der Waals surface area contributed by atoms with E-state index < -0.39 is 15.8 Å². The molecular weight excluding hydrogens is 439 g/mol. The van der Waals surface area contributed by atoms with E-state index in [1.165, 1.54) is 18.2 Å². The minimum atomic E-state index is -3.62. The standard InChI is InChI=1S/C25H21FN4O2S/c26-23-2-1-3-24(12-23)29-33(31,32)17-20-15-30(16-20)25(21-8-4-18(13-27)5-9-21)22-10-6-19(14-28)7-11-22/h1-12,20,25,29H,15-17H2. The molecular formula is C25H21FN4O2S. The fourth-order valence-electron chi connectivity index (χ4n) is 4.10. The molecule has 0 aromatic heterocycles. The lowest BCUT2D eigenvalue weighted by molar-refractivity contribution is 0.0813. The Hall–Kier alpha value is -3.72. The summed E-state index contributed by atoms with van der Waals surface area (Å²) >= 11 is 0. The Morgan fingerprint density at radius 1 is 0.939 bits per heavy atom. The third-order valence-corrected chi connectivity index (χ3v) is 7.07. The van der Waals surface area contributed by atoms with E-state index in [1.54, 1.807) is 24.3 Å². The highest BCUT2D eigenvalue weighted by Crippen LogP contribution is 2.35. The monoisotopic (exact) mass is 460 g/mol. The van der Waals surface area contributed by atoms with Crippen LogP contribution in [0.4, 0.5) is 10.1 Å². The van der Waals surface area contributed by atoms with Gasteiger partial charge in [0, 0.05) is 19.0 Å². The Labute approximate surface area is 192 Å². The fourth-order valence-corrected chi connectivity index (χ4v) is 5.50. The van der Waals surface area contributed by atoms with Crippen LogP contribution in [0, 0.1) is 34.4 Å². The summed E-state index contributed by atoms with van der Waals surface area (Å²) in [6.07, 6.45) is 0. The molecule has 0 saturated carbocycles. The van der Waals surface area contributed by atoms with Crippen molar-refractivity contribution in [2.24, 2.45) is 5.92 Å². The van der Waals surface area contributed by atoms with Crippen LogP contribution in [-0.2, 0) is 10.0 Å². The van der Waals surface area contributed by atoms with Gasteiger partial charge < -0.3 is 0 Å². The van der Waals surface area contributed by atoms with Gasteiger partial charge in [0.15, 0.2) is 0 Å². The molecule has 1 heterocycles. The third kappa shape index (κ3) is 5.38. The molecule has 8 heteroatoms. The van der Waals surface area contributed by atoms with E-state index in [0.29, 0.717) is 24.2 Å². The van der Waals surface area contributed by atoms with Crippen molar-refractivity contribution < 1.29 is 12.8 Å². The quantitative estimate of drug-likeness (QED) is 0.574. The first-order chi connectivity index (χ1) is 15.9. The smallest absolute Gasteiger partial charge is 0.233 e. The second kappa shape index (κ2) is 9.41. The van der Waals surface area contributed by atoms with Crippen molar-refractivity contribution in [2.75, 3.05) is 23.6 Å². The van der Waals surface area contributed by atoms with Gasteiger partial charge in [0.25, 0.3) is 0 Å². The average molecular weight is 461 g/mol. The van der Waals surface area contributed by atoms with E-state index >= 15 is 0 Å². The molecule has 0 radical (unpaired) electrons. The maximum absolute atomic E-state index is 13.4. The zero-order chi connectivity index (χ0) is 23.4. The number of hydrogen-bond donors (Lipinski definition) is 1. The van der Waals surface area contributed by atoms with E-state index in [1.807, 2.05) is 24.3 Å². The maximum atomic E-state index is 13.4. The van der Waals surface area contributed by atoms with Gasteiger partial charge >= 0.3 is 0 Å². The SMILES string of the molecule is N#Cc1ccc(C(c2ccc(C#N)cc2)N2CC(CS(=O)(=O)Nc3cccc(F)c3)C2)cc1. The van der Waals surface area contributed by atoms with Crippen molar-refractivity contribution in [3.05, 3.63) is 101 Å². The Bertz CT molecular complexity index is 1260. The van der Waals surface area contributed by atoms with Gasteiger partial charge in [-0.3, -0.25) is 9.62 Å². The topological polar surface area (TPSA) is 97.0 Å². The van der Waals surface area contributed by atoms with Crippen LogP contribution in [0.25, 0.3) is 0 Å². The number of likely N-dealkylation sites (tertiary alicyclic amines) is 1. The molecule has 0 amide bonds. The van der Waals surface area contributed by atoms with Crippen LogP contribution in [-0.4, -0.2) is 32.2 Å². The minimum Gasteiger partial charge on any atom is -0.292 e. The first kappa shape index (κ1) is 22.5. The minimum absolute atomic E-state index is 0.0620. The number of benzene rings is 3. The van der Waals surface area contributed by atoms with Crippen LogP contribution in [0.5, 0.6) is 0 Å². The second-order valence-electron chi connectivity index (χ2n) is 8.08. The number of hydrogen-bond acceptors (Lipinski definition) is 5. The summed E-state index contributed by atoms with van der Waals surface area (Å²) in [5.41, 5.74) is 3.30. The number of halogens is 1. The van der Waals surface area contributed by atoms with E-state index in [4.69, 9.17) is 10.5 Å². The van der Waals surface area contributed by atoms with Gasteiger partial charge in [0.2, 0.25) is 10.0 Å². The zero-order valence-corrected chi connectivity index (χ0v) is 18.5. The lowest BCUT2D eigenvalue weighted by atomic mass is 9.90. The summed E-state index contributed by atoms with van der Waals surface area (Å²) in [6.45, 7) is 1.13. The molecule has 3 aromatic rings. The second-order valence-corrected chi connectivity index (χ2v) is 9.85. The Morgan fingerprint density at radius 3 is 1.97 bits per heavy atom. The number of anilines is 1. The summed E-state index contributed by atoms with van der Waals surface area (Å²) in [4.78, 5) is 2.17. The van der Waals surface area contributed by atoms with Crippen LogP contribution >= 0.6 is 0 Å². The number of sulfonamides is 1. The highest BCUT2D eigenvalue weighted by Gasteiger charge is 2.36. The molecule has 1 aliphatic heterocycles. The van der Waals surface area contributed by atoms with Gasteiger partial charge in [-0.05, 0) is 53.6 Å². The summed E-state index contributed by atoms with van der Waals surface area (Å²) in [5.74, 6) is -0.638. The highest BCUT2D eigenvalue weighted by molar-refractivity contribution is 7.92. The van der Waals surface area contributed by atoms with Crippen LogP contribution in [0.2, 0.25) is 0 Å². The first-order valence-corrected chi connectivity index (χ1v) is 12.0. The normalized spacial score (nSPS) is 14.3. The molecule has 6 nitrogen and oxygen atoms in total. The van der Waals surface area contributed by atoms with Gasteiger partial charge in [-0.15, -0.1) is 0 Å². The highest BCUT2D eigenvalue weighted by atomic mass is 32.2. The number of nitrogens with zero attached hydrogens (tertiary/aromatic N) is 3. The summed E-state index contributed by atoms with van der Waals surface area (Å²) in [5, 5.41) is 18.2. The molecule has 33 heavy (non-hydrogen) atoms. The average Bonchev–Trinajstić information content (AvgIpc) is 2.78. The lowest BCUT2D eigenvalue weighted by Crippen LogP contribution is -2.51. The molecule has 4 rings (SSSR count). The Balaban J connectivity index is 1.48. The van der Waals surface area contributed by atoms with E-state index in [9.17, 15) is 12.8 Å². The van der Waals surface area contributed by atoms with E-state index in [2.05, 4.69) is 21.8 Å². The van der Waals surface area contributed by atoms with Crippen molar-refractivity contribution >= 4 is 15.7 Å². The summed E-state index contributed by atoms with van der Waals surface area (Å²) in [7, 11) is -3.62. The third-order valence-electron chi connectivity index (χ3n) is 5.61. The van der Waals surface area contributed by atoms with Gasteiger partial charge in [-0.1, -0.05) is 30.3 Å². The molecule has 0 atom stereocenters. The van der Waals surface area contributed by atoms with Gasteiger partial charge in [-0.2, -0.15) is 10.5 Å². The molecule has 1 aliphatic rings. The Morgan fingerprint density at radius 2 is 1.48 bits per heavy atom. The molecule has 0 unspecified atom stereocenters. The number of nitrogens with one attached hydrogen (secondary N) is 1. The van der Waals surface area contributed by atoms with Gasteiger partial charge in [-0.25, -0.2) is 12.8 Å². The van der Waals surface area contributed by atoms with Crippen LogP contribution in [0.1, 0.15) is 28.3 Å². The van der Waals surface area contributed by atoms with Gasteiger partial charge in [0.1, 0.15) is 5.82 Å². The van der Waals surface area contributed by atoms with Crippen molar-refractivity contribution in [1.82, 2.24) is 4.90 Å². The zero-order valence-electron chi connectivity index (χ0n) is 17.6. The number of rotatable bonds is 7. The summed E-state index contributed by atoms with van der Waals surface area (Å²) < 4.78 is 40.9.